The van der Waals surface area contributed by atoms with Gasteiger partial charge < -0.3 is 4.98 Å². The molecule has 0 aliphatic heterocycles. The minimum absolute atomic E-state index is 0.273. The van der Waals surface area contributed by atoms with Gasteiger partial charge in [0.25, 0.3) is 0 Å². The SMILES string of the molecule is N#Cc1nccc2[nH]c(Cl)nc12. The van der Waals surface area contributed by atoms with Crippen LogP contribution >= 0.6 is 11.6 Å². The van der Waals surface area contributed by atoms with E-state index in [9.17, 15) is 0 Å². The van der Waals surface area contributed by atoms with Gasteiger partial charge in [-0.2, -0.15) is 5.26 Å². The number of nitrogens with one attached hydrogen (secondary N) is 1. The molecule has 0 aliphatic carbocycles. The maximum absolute atomic E-state index is 8.64. The summed E-state index contributed by atoms with van der Waals surface area (Å²) in [5.74, 6) is 0. The van der Waals surface area contributed by atoms with Gasteiger partial charge in [0.1, 0.15) is 11.6 Å². The summed E-state index contributed by atoms with van der Waals surface area (Å²) in [4.78, 5) is 10.5. The Morgan fingerprint density at radius 2 is 2.42 bits per heavy atom. The Kier molecular flexibility index (Phi) is 1.45. The molecule has 4 nitrogen and oxygen atoms in total. The molecule has 58 valence electrons. The molecule has 2 aromatic heterocycles. The summed E-state index contributed by atoms with van der Waals surface area (Å²) in [5.41, 5.74) is 1.53. The number of nitriles is 1. The van der Waals surface area contributed by atoms with Crippen LogP contribution in [0, 0.1) is 11.3 Å². The van der Waals surface area contributed by atoms with Gasteiger partial charge in [0.05, 0.1) is 5.52 Å². The van der Waals surface area contributed by atoms with Crippen LogP contribution < -0.4 is 0 Å². The van der Waals surface area contributed by atoms with Gasteiger partial charge in [-0.25, -0.2) is 9.97 Å². The number of nitrogens with zero attached hydrogens (tertiary/aromatic N) is 3. The number of rotatable bonds is 0. The molecule has 0 saturated heterocycles. The number of aromatic nitrogens is 3. The first-order chi connectivity index (χ1) is 5.81. The van der Waals surface area contributed by atoms with Crippen molar-refractivity contribution >= 4 is 22.6 Å². The minimum Gasteiger partial charge on any atom is -0.328 e. The normalized spacial score (nSPS) is 10.0. The van der Waals surface area contributed by atoms with E-state index in [1.807, 2.05) is 6.07 Å². The van der Waals surface area contributed by atoms with Crippen LogP contribution in [0.5, 0.6) is 0 Å². The zero-order chi connectivity index (χ0) is 8.55. The van der Waals surface area contributed by atoms with E-state index < -0.39 is 0 Å². The van der Waals surface area contributed by atoms with Crippen LogP contribution in [-0.4, -0.2) is 15.0 Å². The first-order valence-corrected chi connectivity index (χ1v) is 3.59. The van der Waals surface area contributed by atoms with Gasteiger partial charge in [0, 0.05) is 6.20 Å². The molecular formula is C7H3ClN4. The van der Waals surface area contributed by atoms with E-state index in [1.54, 1.807) is 6.07 Å². The average molecular weight is 179 g/mol. The van der Waals surface area contributed by atoms with Crippen molar-refractivity contribution in [2.75, 3.05) is 0 Å². The first-order valence-electron chi connectivity index (χ1n) is 3.21. The monoisotopic (exact) mass is 178 g/mol. The summed E-state index contributed by atoms with van der Waals surface area (Å²) in [6.45, 7) is 0. The number of H-pyrrole nitrogens is 1. The molecule has 2 aromatic rings. The van der Waals surface area contributed by atoms with E-state index in [0.29, 0.717) is 5.52 Å². The molecule has 0 aromatic carbocycles. The van der Waals surface area contributed by atoms with Gasteiger partial charge in [-0.3, -0.25) is 0 Å². The lowest BCUT2D eigenvalue weighted by molar-refractivity contribution is 1.28. The van der Waals surface area contributed by atoms with Gasteiger partial charge in [-0.1, -0.05) is 0 Å². The molecule has 5 heteroatoms. The van der Waals surface area contributed by atoms with Crippen LogP contribution in [0.1, 0.15) is 5.69 Å². The van der Waals surface area contributed by atoms with E-state index in [2.05, 4.69) is 15.0 Å². The summed E-state index contributed by atoms with van der Waals surface area (Å²) < 4.78 is 0. The molecule has 0 spiro atoms. The quantitative estimate of drug-likeness (QED) is 0.665. The van der Waals surface area contributed by atoms with Gasteiger partial charge in [-0.15, -0.1) is 0 Å². The molecule has 2 rings (SSSR count). The minimum atomic E-state index is 0.273. The van der Waals surface area contributed by atoms with Crippen LogP contribution in [-0.2, 0) is 0 Å². The molecular weight excluding hydrogens is 176 g/mol. The highest BCUT2D eigenvalue weighted by molar-refractivity contribution is 6.29. The van der Waals surface area contributed by atoms with E-state index in [1.165, 1.54) is 6.20 Å². The van der Waals surface area contributed by atoms with E-state index in [-0.39, 0.29) is 11.0 Å². The second kappa shape index (κ2) is 2.47. The van der Waals surface area contributed by atoms with Crippen LogP contribution in [0.25, 0.3) is 11.0 Å². The third kappa shape index (κ3) is 0.917. The summed E-state index contributed by atoms with van der Waals surface area (Å²) in [7, 11) is 0. The lowest BCUT2D eigenvalue weighted by atomic mass is 10.3. The Bertz CT molecular complexity index is 468. The highest BCUT2D eigenvalue weighted by Gasteiger charge is 2.05. The smallest absolute Gasteiger partial charge is 0.201 e. The predicted octanol–water partition coefficient (Wildman–Crippen LogP) is 1.48. The maximum Gasteiger partial charge on any atom is 0.201 e. The van der Waals surface area contributed by atoms with Crippen molar-refractivity contribution in [3.8, 4) is 6.07 Å². The third-order valence-electron chi connectivity index (χ3n) is 1.48. The van der Waals surface area contributed by atoms with Crippen LogP contribution in [0.3, 0.4) is 0 Å². The Morgan fingerprint density at radius 1 is 1.58 bits per heavy atom. The number of pyridine rings is 1. The van der Waals surface area contributed by atoms with Crippen molar-refractivity contribution < 1.29 is 0 Å². The zero-order valence-electron chi connectivity index (χ0n) is 5.87. The van der Waals surface area contributed by atoms with Crippen LogP contribution in [0.15, 0.2) is 12.3 Å². The second-order valence-electron chi connectivity index (χ2n) is 2.20. The summed E-state index contributed by atoms with van der Waals surface area (Å²) in [6, 6.07) is 3.65. The number of imidazole rings is 1. The number of hydrogen-bond donors (Lipinski definition) is 1. The number of fused-ring (bicyclic) bond motifs is 1. The molecule has 1 N–H and O–H groups in total. The lowest BCUT2D eigenvalue weighted by Gasteiger charge is -1.87. The molecule has 0 amide bonds. The molecule has 0 fully saturated rings. The third-order valence-corrected chi connectivity index (χ3v) is 1.66. The zero-order valence-corrected chi connectivity index (χ0v) is 6.63. The number of halogens is 1. The van der Waals surface area contributed by atoms with Gasteiger partial charge in [0.2, 0.25) is 5.28 Å². The van der Waals surface area contributed by atoms with Gasteiger partial charge in [0.15, 0.2) is 5.69 Å². The fourth-order valence-corrected chi connectivity index (χ4v) is 1.17. The largest absolute Gasteiger partial charge is 0.328 e. The van der Waals surface area contributed by atoms with E-state index >= 15 is 0 Å². The average Bonchev–Trinajstić information content (AvgIpc) is 2.44. The second-order valence-corrected chi connectivity index (χ2v) is 2.55. The van der Waals surface area contributed by atoms with Crippen molar-refractivity contribution in [1.82, 2.24) is 15.0 Å². The Labute approximate surface area is 72.8 Å². The summed E-state index contributed by atoms with van der Waals surface area (Å²) in [5, 5.41) is 8.91. The maximum atomic E-state index is 8.64. The molecule has 12 heavy (non-hydrogen) atoms. The summed E-state index contributed by atoms with van der Waals surface area (Å²) in [6.07, 6.45) is 1.54. The van der Waals surface area contributed by atoms with Gasteiger partial charge >= 0.3 is 0 Å². The fourth-order valence-electron chi connectivity index (χ4n) is 0.987. The Morgan fingerprint density at radius 3 is 3.17 bits per heavy atom. The molecule has 0 atom stereocenters. The van der Waals surface area contributed by atoms with Crippen molar-refractivity contribution in [3.05, 3.63) is 23.2 Å². The van der Waals surface area contributed by atoms with Crippen molar-refractivity contribution in [2.45, 2.75) is 0 Å². The molecule has 2 heterocycles. The van der Waals surface area contributed by atoms with Gasteiger partial charge in [-0.05, 0) is 17.7 Å². The lowest BCUT2D eigenvalue weighted by Crippen LogP contribution is -1.82. The Balaban J connectivity index is 2.89. The molecule has 0 bridgehead atoms. The topological polar surface area (TPSA) is 65.4 Å². The highest BCUT2D eigenvalue weighted by Crippen LogP contribution is 2.15. The molecule has 0 saturated carbocycles. The van der Waals surface area contributed by atoms with Crippen molar-refractivity contribution in [1.29, 1.82) is 5.26 Å². The number of aromatic amines is 1. The van der Waals surface area contributed by atoms with Crippen molar-refractivity contribution in [2.24, 2.45) is 0 Å². The van der Waals surface area contributed by atoms with Crippen LogP contribution in [0.4, 0.5) is 0 Å². The van der Waals surface area contributed by atoms with Crippen LogP contribution in [0.2, 0.25) is 5.28 Å². The molecule has 0 radical (unpaired) electrons. The molecule has 0 unspecified atom stereocenters. The van der Waals surface area contributed by atoms with Crippen molar-refractivity contribution in [3.63, 3.8) is 0 Å². The van der Waals surface area contributed by atoms with E-state index in [0.717, 1.165) is 5.52 Å². The first kappa shape index (κ1) is 7.07. The Hall–Kier alpha value is -1.60. The predicted molar refractivity (Wildman–Crippen MR) is 43.6 cm³/mol. The fraction of sp³-hybridized carbons (Fsp3) is 0. The molecule has 0 aliphatic rings. The number of hydrogen-bond acceptors (Lipinski definition) is 3. The standard InChI is InChI=1S/C7H3ClN4/c8-7-11-4-1-2-10-5(3-9)6(4)12-7/h1-2H,(H,11,12). The van der Waals surface area contributed by atoms with E-state index in [4.69, 9.17) is 16.9 Å². The summed E-state index contributed by atoms with van der Waals surface area (Å²) >= 11 is 5.61. The highest BCUT2D eigenvalue weighted by atomic mass is 35.5.